The van der Waals surface area contributed by atoms with Gasteiger partial charge in [0.15, 0.2) is 0 Å². The molecule has 0 radical (unpaired) electrons. The van der Waals surface area contributed by atoms with Gasteiger partial charge in [0.2, 0.25) is 5.91 Å². The first-order chi connectivity index (χ1) is 13.6. The predicted octanol–water partition coefficient (Wildman–Crippen LogP) is 4.50. The van der Waals surface area contributed by atoms with Crippen molar-refractivity contribution >= 4 is 23.3 Å². The number of urea groups is 1. The number of carbonyl (C=O) groups excluding carboxylic acids is 2. The second-order valence-corrected chi connectivity index (χ2v) is 7.10. The van der Waals surface area contributed by atoms with Crippen molar-refractivity contribution in [1.82, 2.24) is 5.32 Å². The van der Waals surface area contributed by atoms with Crippen LogP contribution >= 0.6 is 0 Å². The predicted molar refractivity (Wildman–Crippen MR) is 111 cm³/mol. The fourth-order valence-electron chi connectivity index (χ4n) is 3.81. The summed E-state index contributed by atoms with van der Waals surface area (Å²) in [5.74, 6) is 0.664. The van der Waals surface area contributed by atoms with Gasteiger partial charge in [0.1, 0.15) is 5.75 Å². The van der Waals surface area contributed by atoms with Gasteiger partial charge in [-0.05, 0) is 36.6 Å². The number of methoxy groups -OCH3 is 1. The van der Waals surface area contributed by atoms with E-state index >= 15 is 0 Å². The second kappa shape index (κ2) is 9.26. The maximum atomic E-state index is 12.6. The molecule has 0 unspecified atom stereocenters. The Morgan fingerprint density at radius 3 is 2.46 bits per heavy atom. The van der Waals surface area contributed by atoms with E-state index in [1.54, 1.807) is 18.2 Å². The highest BCUT2D eigenvalue weighted by molar-refractivity contribution is 5.94. The highest BCUT2D eigenvalue weighted by Crippen LogP contribution is 2.33. The van der Waals surface area contributed by atoms with Gasteiger partial charge >= 0.3 is 6.03 Å². The van der Waals surface area contributed by atoms with E-state index in [0.717, 1.165) is 19.3 Å². The molecule has 0 aromatic heterocycles. The minimum atomic E-state index is -0.244. The molecule has 2 aromatic rings. The molecule has 2 atom stereocenters. The van der Waals surface area contributed by atoms with E-state index in [1.165, 1.54) is 26.0 Å². The molecule has 3 amide bonds. The first-order valence-electron chi connectivity index (χ1n) is 9.65. The van der Waals surface area contributed by atoms with E-state index in [4.69, 9.17) is 4.74 Å². The molecule has 1 fully saturated rings. The number of hydrogen-bond donors (Lipinski definition) is 3. The molecule has 2 aromatic carbocycles. The first-order valence-corrected chi connectivity index (χ1v) is 9.65. The van der Waals surface area contributed by atoms with Gasteiger partial charge in [0.05, 0.1) is 12.8 Å². The van der Waals surface area contributed by atoms with Crippen LogP contribution in [-0.4, -0.2) is 25.1 Å². The lowest BCUT2D eigenvalue weighted by molar-refractivity contribution is -0.114. The molecule has 6 nitrogen and oxygen atoms in total. The lowest BCUT2D eigenvalue weighted by atomic mass is 9.80. The minimum Gasteiger partial charge on any atom is -0.495 e. The van der Waals surface area contributed by atoms with Gasteiger partial charge in [0, 0.05) is 24.6 Å². The Morgan fingerprint density at radius 1 is 1.00 bits per heavy atom. The average Bonchev–Trinajstić information content (AvgIpc) is 2.69. The molecule has 3 rings (SSSR count). The third-order valence-electron chi connectivity index (χ3n) is 5.08. The summed E-state index contributed by atoms with van der Waals surface area (Å²) in [6.45, 7) is 1.43. The Labute approximate surface area is 165 Å². The third kappa shape index (κ3) is 5.03. The van der Waals surface area contributed by atoms with E-state index in [0.29, 0.717) is 23.0 Å². The van der Waals surface area contributed by atoms with Gasteiger partial charge < -0.3 is 20.7 Å². The molecule has 3 N–H and O–H groups in total. The van der Waals surface area contributed by atoms with Crippen molar-refractivity contribution in [2.24, 2.45) is 0 Å². The van der Waals surface area contributed by atoms with Crippen molar-refractivity contribution < 1.29 is 14.3 Å². The number of hydrogen-bond acceptors (Lipinski definition) is 3. The number of amides is 3. The van der Waals surface area contributed by atoms with Crippen molar-refractivity contribution in [1.29, 1.82) is 0 Å². The number of carbonyl (C=O) groups is 2. The van der Waals surface area contributed by atoms with Gasteiger partial charge in [-0.3, -0.25) is 4.79 Å². The summed E-state index contributed by atoms with van der Waals surface area (Å²) < 4.78 is 5.25. The molecule has 1 aliphatic rings. The summed E-state index contributed by atoms with van der Waals surface area (Å²) >= 11 is 0. The Kier molecular flexibility index (Phi) is 6.53. The van der Waals surface area contributed by atoms with E-state index in [2.05, 4.69) is 28.1 Å². The monoisotopic (exact) mass is 381 g/mol. The molecule has 0 aliphatic heterocycles. The highest BCUT2D eigenvalue weighted by atomic mass is 16.5. The van der Waals surface area contributed by atoms with Crippen LogP contribution in [0.25, 0.3) is 0 Å². The SMILES string of the molecule is COc1ccc(NC(=O)N[C@@H]2CCCC[C@H]2c2ccccc2)cc1NC(C)=O. The topological polar surface area (TPSA) is 79.5 Å². The normalized spacial score (nSPS) is 18.8. The molecule has 148 valence electrons. The third-order valence-corrected chi connectivity index (χ3v) is 5.08. The number of benzene rings is 2. The highest BCUT2D eigenvalue weighted by Gasteiger charge is 2.27. The molecule has 28 heavy (non-hydrogen) atoms. The van der Waals surface area contributed by atoms with Crippen LogP contribution in [0.3, 0.4) is 0 Å². The minimum absolute atomic E-state index is 0.101. The van der Waals surface area contributed by atoms with Gasteiger partial charge in [-0.2, -0.15) is 0 Å². The molecule has 6 heteroatoms. The summed E-state index contributed by atoms with van der Waals surface area (Å²) in [6.07, 6.45) is 4.33. The van der Waals surface area contributed by atoms with Crippen molar-refractivity contribution in [2.75, 3.05) is 17.7 Å². The van der Waals surface area contributed by atoms with E-state index in [-0.39, 0.29) is 18.0 Å². The lowest BCUT2D eigenvalue weighted by Gasteiger charge is -2.32. The zero-order chi connectivity index (χ0) is 19.9. The first kappa shape index (κ1) is 19.7. The molecule has 1 saturated carbocycles. The van der Waals surface area contributed by atoms with Crippen LogP contribution in [0.2, 0.25) is 0 Å². The van der Waals surface area contributed by atoms with Crippen LogP contribution in [-0.2, 0) is 4.79 Å². The number of anilines is 2. The van der Waals surface area contributed by atoms with Crippen molar-refractivity contribution in [3.8, 4) is 5.75 Å². The molecule has 1 aliphatic carbocycles. The van der Waals surface area contributed by atoms with Crippen LogP contribution in [0, 0.1) is 0 Å². The second-order valence-electron chi connectivity index (χ2n) is 7.10. The Bertz CT molecular complexity index is 823. The van der Waals surface area contributed by atoms with E-state index in [9.17, 15) is 9.59 Å². The van der Waals surface area contributed by atoms with E-state index in [1.807, 2.05) is 18.2 Å². The van der Waals surface area contributed by atoms with Crippen LogP contribution in [0.4, 0.5) is 16.2 Å². The Morgan fingerprint density at radius 2 is 1.75 bits per heavy atom. The smallest absolute Gasteiger partial charge is 0.319 e. The summed E-state index contributed by atoms with van der Waals surface area (Å²) in [6, 6.07) is 15.4. The fraction of sp³-hybridized carbons (Fsp3) is 0.364. The van der Waals surface area contributed by atoms with Crippen LogP contribution in [0.5, 0.6) is 5.75 Å². The Hall–Kier alpha value is -3.02. The zero-order valence-corrected chi connectivity index (χ0v) is 16.3. The average molecular weight is 381 g/mol. The lowest BCUT2D eigenvalue weighted by Crippen LogP contribution is -2.43. The fourth-order valence-corrected chi connectivity index (χ4v) is 3.81. The van der Waals surface area contributed by atoms with E-state index < -0.39 is 0 Å². The standard InChI is InChI=1S/C22H27N3O3/c1-15(26)23-20-14-17(12-13-21(20)28-2)24-22(27)25-19-11-7-6-10-18(19)16-8-4-3-5-9-16/h3-5,8-9,12-14,18-19H,6-7,10-11H2,1-2H3,(H,23,26)(H2,24,25,27)/t18-,19+/m0/s1. The van der Waals surface area contributed by atoms with Crippen molar-refractivity contribution in [3.05, 3.63) is 54.1 Å². The van der Waals surface area contributed by atoms with Gasteiger partial charge in [0.25, 0.3) is 0 Å². The van der Waals surface area contributed by atoms with Crippen LogP contribution in [0.1, 0.15) is 44.1 Å². The van der Waals surface area contributed by atoms with Crippen LogP contribution < -0.4 is 20.7 Å². The summed E-state index contributed by atoms with van der Waals surface area (Å²) in [4.78, 5) is 24.0. The number of rotatable bonds is 5. The number of ether oxygens (including phenoxy) is 1. The quantitative estimate of drug-likeness (QED) is 0.713. The molecule has 0 saturated heterocycles. The number of nitrogens with one attached hydrogen (secondary N) is 3. The molecule has 0 spiro atoms. The summed E-state index contributed by atoms with van der Waals surface area (Å²) in [5, 5.41) is 8.72. The molecular weight excluding hydrogens is 354 g/mol. The summed E-state index contributed by atoms with van der Waals surface area (Å²) in [5.41, 5.74) is 2.38. The zero-order valence-electron chi connectivity index (χ0n) is 16.3. The van der Waals surface area contributed by atoms with Crippen molar-refractivity contribution in [3.63, 3.8) is 0 Å². The van der Waals surface area contributed by atoms with Crippen LogP contribution in [0.15, 0.2) is 48.5 Å². The molecule has 0 heterocycles. The van der Waals surface area contributed by atoms with Gasteiger partial charge in [-0.1, -0.05) is 43.2 Å². The van der Waals surface area contributed by atoms with Crippen molar-refractivity contribution in [2.45, 2.75) is 44.6 Å². The summed E-state index contributed by atoms with van der Waals surface area (Å²) in [7, 11) is 1.53. The maximum absolute atomic E-state index is 12.6. The maximum Gasteiger partial charge on any atom is 0.319 e. The Balaban J connectivity index is 1.68. The molecular formula is C22H27N3O3. The largest absolute Gasteiger partial charge is 0.495 e. The van der Waals surface area contributed by atoms with Gasteiger partial charge in [-0.25, -0.2) is 4.79 Å². The molecule has 0 bridgehead atoms. The van der Waals surface area contributed by atoms with Gasteiger partial charge in [-0.15, -0.1) is 0 Å².